The van der Waals surface area contributed by atoms with Crippen molar-refractivity contribution in [2.75, 3.05) is 0 Å². The normalized spacial score (nSPS) is 19.4. The monoisotopic (exact) mass is 446 g/mol. The first kappa shape index (κ1) is 21.2. The van der Waals surface area contributed by atoms with E-state index in [1.807, 2.05) is 49.9 Å². The van der Waals surface area contributed by atoms with E-state index >= 15 is 0 Å². The first-order valence-corrected chi connectivity index (χ1v) is 12.5. The second kappa shape index (κ2) is 8.04. The number of thiophene rings is 1. The molecule has 3 aromatic rings. The van der Waals surface area contributed by atoms with Gasteiger partial charge in [-0.3, -0.25) is 9.59 Å². The van der Waals surface area contributed by atoms with Crippen molar-refractivity contribution in [3.63, 3.8) is 0 Å². The molecule has 0 spiro atoms. The summed E-state index contributed by atoms with van der Waals surface area (Å²) >= 11 is 1.59. The van der Waals surface area contributed by atoms with E-state index in [1.54, 1.807) is 11.3 Å². The van der Waals surface area contributed by atoms with E-state index in [0.717, 1.165) is 52.5 Å². The summed E-state index contributed by atoms with van der Waals surface area (Å²) in [5.41, 5.74) is 2.32. The van der Waals surface area contributed by atoms with Crippen LogP contribution in [0, 0.1) is 0 Å². The Kier molecular flexibility index (Phi) is 5.32. The van der Waals surface area contributed by atoms with Gasteiger partial charge in [0.15, 0.2) is 0 Å². The van der Waals surface area contributed by atoms with E-state index in [1.165, 1.54) is 6.42 Å². The molecule has 0 bridgehead atoms. The zero-order chi connectivity index (χ0) is 22.5. The molecular formula is C27H30N2O2S. The van der Waals surface area contributed by atoms with Crippen LogP contribution in [0.1, 0.15) is 74.2 Å². The molecule has 0 saturated heterocycles. The minimum atomic E-state index is -0.606. The number of nitrogens with zero attached hydrogens (tertiary/aromatic N) is 1. The van der Waals surface area contributed by atoms with Gasteiger partial charge in [0.05, 0.1) is 0 Å². The van der Waals surface area contributed by atoms with Gasteiger partial charge in [0.1, 0.15) is 6.04 Å². The highest BCUT2D eigenvalue weighted by Crippen LogP contribution is 2.46. The third kappa shape index (κ3) is 3.62. The quantitative estimate of drug-likeness (QED) is 0.501. The second-order valence-corrected chi connectivity index (χ2v) is 11.0. The Labute approximate surface area is 193 Å². The molecule has 4 nitrogen and oxygen atoms in total. The van der Waals surface area contributed by atoms with Gasteiger partial charge in [-0.05, 0) is 67.5 Å². The maximum Gasteiger partial charge on any atom is 0.255 e. The van der Waals surface area contributed by atoms with Gasteiger partial charge in [-0.25, -0.2) is 0 Å². The van der Waals surface area contributed by atoms with Crippen LogP contribution in [0.25, 0.3) is 21.9 Å². The standard InChI is InChI=1S/C27H30N2O2S/c1-27(2,3)28-25(30)23-24-20(15-16-32-24)22-19-12-8-7-9-17(19)13-14-21(22)26(31)29(23)18-10-5-4-6-11-18/h7-9,12-16,18,23H,4-6,10-11H2,1-3H3,(H,28,30). The second-order valence-electron chi connectivity index (χ2n) is 10.1. The Bertz CT molecular complexity index is 1180. The zero-order valence-corrected chi connectivity index (χ0v) is 19.8. The minimum Gasteiger partial charge on any atom is -0.349 e. The zero-order valence-electron chi connectivity index (χ0n) is 19.0. The highest BCUT2D eigenvalue weighted by atomic mass is 32.1. The van der Waals surface area contributed by atoms with Gasteiger partial charge in [-0.15, -0.1) is 11.3 Å². The topological polar surface area (TPSA) is 49.4 Å². The number of fused-ring (bicyclic) bond motifs is 5. The number of hydrogen-bond donors (Lipinski definition) is 1. The van der Waals surface area contributed by atoms with Gasteiger partial charge in [-0.2, -0.15) is 0 Å². The number of benzene rings is 2. The Morgan fingerprint density at radius 3 is 2.50 bits per heavy atom. The molecule has 2 heterocycles. The molecule has 32 heavy (non-hydrogen) atoms. The first-order chi connectivity index (χ1) is 15.3. The summed E-state index contributed by atoms with van der Waals surface area (Å²) in [5.74, 6) is -0.104. The summed E-state index contributed by atoms with van der Waals surface area (Å²) < 4.78 is 0. The Morgan fingerprint density at radius 1 is 1.00 bits per heavy atom. The third-order valence-corrected chi connectivity index (χ3v) is 7.57. The summed E-state index contributed by atoms with van der Waals surface area (Å²) in [7, 11) is 0. The number of nitrogens with one attached hydrogen (secondary N) is 1. The fraction of sp³-hybridized carbons (Fsp3) is 0.407. The fourth-order valence-electron chi connectivity index (χ4n) is 5.28. The summed E-state index contributed by atoms with van der Waals surface area (Å²) in [4.78, 5) is 30.8. The lowest BCUT2D eigenvalue weighted by Crippen LogP contribution is -2.52. The molecule has 1 unspecified atom stereocenters. The Balaban J connectivity index is 1.75. The molecule has 0 radical (unpaired) electrons. The molecular weight excluding hydrogens is 416 g/mol. The van der Waals surface area contributed by atoms with Crippen LogP contribution < -0.4 is 5.32 Å². The van der Waals surface area contributed by atoms with Crippen LogP contribution in [0.4, 0.5) is 0 Å². The summed E-state index contributed by atoms with van der Waals surface area (Å²) in [6, 6.07) is 13.8. The van der Waals surface area contributed by atoms with Crippen molar-refractivity contribution in [1.29, 1.82) is 0 Å². The lowest BCUT2D eigenvalue weighted by Gasteiger charge is -2.39. The smallest absolute Gasteiger partial charge is 0.255 e. The minimum absolute atomic E-state index is 0.0184. The number of carbonyl (C=O) groups is 2. The highest BCUT2D eigenvalue weighted by molar-refractivity contribution is 7.10. The molecule has 1 aromatic heterocycles. The lowest BCUT2D eigenvalue weighted by atomic mass is 9.92. The van der Waals surface area contributed by atoms with Gasteiger partial charge in [0.2, 0.25) is 5.91 Å². The van der Waals surface area contributed by atoms with E-state index in [-0.39, 0.29) is 23.4 Å². The summed E-state index contributed by atoms with van der Waals surface area (Å²) in [6.07, 6.45) is 5.31. The van der Waals surface area contributed by atoms with Crippen LogP contribution in [-0.2, 0) is 4.79 Å². The number of hydrogen-bond acceptors (Lipinski definition) is 3. The molecule has 166 valence electrons. The van der Waals surface area contributed by atoms with E-state index in [2.05, 4.69) is 28.9 Å². The fourth-order valence-corrected chi connectivity index (χ4v) is 6.28. The molecule has 1 aliphatic carbocycles. The molecule has 2 aromatic carbocycles. The largest absolute Gasteiger partial charge is 0.349 e. The maximum atomic E-state index is 14.2. The molecule has 1 fully saturated rings. The highest BCUT2D eigenvalue weighted by Gasteiger charge is 2.43. The Morgan fingerprint density at radius 2 is 1.75 bits per heavy atom. The van der Waals surface area contributed by atoms with Gasteiger partial charge in [0.25, 0.3) is 5.91 Å². The van der Waals surface area contributed by atoms with Crippen molar-refractivity contribution < 1.29 is 9.59 Å². The predicted octanol–water partition coefficient (Wildman–Crippen LogP) is 6.31. The molecule has 1 aliphatic heterocycles. The molecule has 1 N–H and O–H groups in total. The summed E-state index contributed by atoms with van der Waals surface area (Å²) in [5, 5.41) is 7.41. The van der Waals surface area contributed by atoms with Crippen molar-refractivity contribution in [3.8, 4) is 11.1 Å². The third-order valence-electron chi connectivity index (χ3n) is 6.60. The summed E-state index contributed by atoms with van der Waals surface area (Å²) in [6.45, 7) is 5.98. The Hall–Kier alpha value is -2.66. The van der Waals surface area contributed by atoms with Crippen LogP contribution >= 0.6 is 11.3 Å². The van der Waals surface area contributed by atoms with E-state index in [0.29, 0.717) is 5.56 Å². The SMILES string of the molecule is CC(C)(C)NC(=O)C1c2sccc2-c2c(ccc3ccccc23)C(=O)N1C1CCCCC1. The van der Waals surface area contributed by atoms with Crippen LogP contribution in [0.2, 0.25) is 0 Å². The first-order valence-electron chi connectivity index (χ1n) is 11.6. The number of rotatable bonds is 2. The average molecular weight is 447 g/mol. The van der Waals surface area contributed by atoms with Gasteiger partial charge in [0, 0.05) is 27.6 Å². The maximum absolute atomic E-state index is 14.2. The van der Waals surface area contributed by atoms with E-state index < -0.39 is 6.04 Å². The number of carbonyl (C=O) groups excluding carboxylic acids is 2. The van der Waals surface area contributed by atoms with Crippen molar-refractivity contribution in [3.05, 3.63) is 58.3 Å². The van der Waals surface area contributed by atoms with Crippen molar-refractivity contribution in [1.82, 2.24) is 10.2 Å². The van der Waals surface area contributed by atoms with Gasteiger partial charge in [-0.1, -0.05) is 49.6 Å². The van der Waals surface area contributed by atoms with Crippen LogP contribution in [0.15, 0.2) is 47.8 Å². The lowest BCUT2D eigenvalue weighted by molar-refractivity contribution is -0.128. The molecule has 1 atom stereocenters. The van der Waals surface area contributed by atoms with Crippen LogP contribution in [0.3, 0.4) is 0 Å². The van der Waals surface area contributed by atoms with Crippen LogP contribution in [-0.4, -0.2) is 28.3 Å². The molecule has 2 aliphatic rings. The predicted molar refractivity (Wildman–Crippen MR) is 131 cm³/mol. The number of amides is 2. The average Bonchev–Trinajstić information content (AvgIpc) is 3.20. The van der Waals surface area contributed by atoms with E-state index in [9.17, 15) is 9.59 Å². The molecule has 5 rings (SSSR count). The van der Waals surface area contributed by atoms with Gasteiger partial charge < -0.3 is 10.2 Å². The molecule has 5 heteroatoms. The molecule has 1 saturated carbocycles. The van der Waals surface area contributed by atoms with Crippen molar-refractivity contribution in [2.45, 2.75) is 70.5 Å². The van der Waals surface area contributed by atoms with Crippen molar-refractivity contribution >= 4 is 33.9 Å². The van der Waals surface area contributed by atoms with Crippen molar-refractivity contribution in [2.24, 2.45) is 0 Å². The van der Waals surface area contributed by atoms with E-state index in [4.69, 9.17) is 0 Å². The molecule has 2 amide bonds. The van der Waals surface area contributed by atoms with Gasteiger partial charge >= 0.3 is 0 Å². The van der Waals surface area contributed by atoms with Crippen LogP contribution in [0.5, 0.6) is 0 Å².